The van der Waals surface area contributed by atoms with Crippen LogP contribution in [-0.2, 0) is 20.0 Å². The summed E-state index contributed by atoms with van der Waals surface area (Å²) in [7, 11) is -7.77. The molecule has 38 heavy (non-hydrogen) atoms. The lowest BCUT2D eigenvalue weighted by Gasteiger charge is -2.29. The summed E-state index contributed by atoms with van der Waals surface area (Å²) in [6.07, 6.45) is 1.54. The minimum Gasteiger partial charge on any atom is -0.322 e. The van der Waals surface area contributed by atoms with E-state index in [0.717, 1.165) is 12.8 Å². The molecule has 3 aromatic carbocycles. The van der Waals surface area contributed by atoms with E-state index in [2.05, 4.69) is 17.0 Å². The fraction of sp³-hybridized carbons (Fsp3) is 0.240. The number of rotatable bonds is 7. The third kappa shape index (κ3) is 6.27. The van der Waals surface area contributed by atoms with Crippen molar-refractivity contribution >= 4 is 72.1 Å². The van der Waals surface area contributed by atoms with Gasteiger partial charge in [0.15, 0.2) is 0 Å². The molecule has 1 saturated heterocycles. The fourth-order valence-corrected chi connectivity index (χ4v) is 7.09. The van der Waals surface area contributed by atoms with Crippen molar-refractivity contribution in [1.82, 2.24) is 4.31 Å². The van der Waals surface area contributed by atoms with Gasteiger partial charge in [-0.1, -0.05) is 47.8 Å². The van der Waals surface area contributed by atoms with Gasteiger partial charge < -0.3 is 5.32 Å². The lowest BCUT2D eigenvalue weighted by atomic mass is 10.0. The van der Waals surface area contributed by atoms with E-state index in [-0.39, 0.29) is 41.8 Å². The Morgan fingerprint density at radius 3 is 2.16 bits per heavy atom. The highest BCUT2D eigenvalue weighted by Gasteiger charge is 2.29. The second-order valence-corrected chi connectivity index (χ2v) is 13.7. The fourth-order valence-electron chi connectivity index (χ4n) is 3.92. The number of hydrogen-bond acceptors (Lipinski definition) is 5. The standard InChI is InChI=1S/C25H24Cl3N3O5S2/c1-16-11-13-31(14-12-16)38(35,36)19-9-10-21(26)20(15-19)25(32)29-17-5-7-18(8-6-17)37(33,34)30-23-4-2-3-22(27)24(23)28/h2-10,15-16,30H,11-14H2,1H3,(H,29,32). The van der Waals surface area contributed by atoms with Crippen LogP contribution in [0.5, 0.6) is 0 Å². The molecule has 1 fully saturated rings. The molecule has 1 heterocycles. The second-order valence-electron chi connectivity index (χ2n) is 8.91. The van der Waals surface area contributed by atoms with Crippen molar-refractivity contribution in [2.24, 2.45) is 5.92 Å². The van der Waals surface area contributed by atoms with Gasteiger partial charge in [0.25, 0.3) is 15.9 Å². The van der Waals surface area contributed by atoms with Crippen molar-refractivity contribution in [2.75, 3.05) is 23.1 Å². The van der Waals surface area contributed by atoms with E-state index >= 15 is 0 Å². The van der Waals surface area contributed by atoms with Gasteiger partial charge in [0, 0.05) is 18.8 Å². The van der Waals surface area contributed by atoms with Crippen LogP contribution < -0.4 is 10.0 Å². The van der Waals surface area contributed by atoms with E-state index in [9.17, 15) is 21.6 Å². The molecular weight excluding hydrogens is 593 g/mol. The summed E-state index contributed by atoms with van der Waals surface area (Å²) in [6, 6.07) is 14.0. The van der Waals surface area contributed by atoms with E-state index in [1.54, 1.807) is 6.07 Å². The summed E-state index contributed by atoms with van der Waals surface area (Å²) in [5.41, 5.74) is 0.385. The van der Waals surface area contributed by atoms with E-state index < -0.39 is 26.0 Å². The Hall–Kier alpha value is -2.34. The minimum atomic E-state index is -3.99. The number of amides is 1. The molecule has 0 unspecified atom stereocenters. The highest BCUT2D eigenvalue weighted by atomic mass is 35.5. The molecule has 3 aromatic rings. The van der Waals surface area contributed by atoms with E-state index in [0.29, 0.717) is 19.0 Å². The zero-order valence-corrected chi connectivity index (χ0v) is 24.0. The minimum absolute atomic E-state index is 0.0196. The Labute approximate surface area is 237 Å². The number of nitrogens with zero attached hydrogens (tertiary/aromatic N) is 1. The van der Waals surface area contributed by atoms with Gasteiger partial charge in [-0.25, -0.2) is 16.8 Å². The smallest absolute Gasteiger partial charge is 0.261 e. The summed E-state index contributed by atoms with van der Waals surface area (Å²) in [4.78, 5) is 12.9. The molecule has 0 aliphatic carbocycles. The zero-order valence-electron chi connectivity index (χ0n) is 20.1. The van der Waals surface area contributed by atoms with Crippen molar-refractivity contribution < 1.29 is 21.6 Å². The highest BCUT2D eigenvalue weighted by Crippen LogP contribution is 2.31. The third-order valence-corrected chi connectivity index (χ3v) is 10.6. The largest absolute Gasteiger partial charge is 0.322 e. The predicted molar refractivity (Wildman–Crippen MR) is 150 cm³/mol. The summed E-state index contributed by atoms with van der Waals surface area (Å²) >= 11 is 18.2. The molecule has 202 valence electrons. The van der Waals surface area contributed by atoms with Crippen LogP contribution in [0.3, 0.4) is 0 Å². The quantitative estimate of drug-likeness (QED) is 0.332. The number of sulfonamides is 2. The van der Waals surface area contributed by atoms with Crippen LogP contribution in [0, 0.1) is 5.92 Å². The average molecular weight is 617 g/mol. The van der Waals surface area contributed by atoms with Crippen molar-refractivity contribution in [3.8, 4) is 0 Å². The molecule has 0 spiro atoms. The number of piperidine rings is 1. The molecule has 1 aliphatic rings. The molecule has 8 nitrogen and oxygen atoms in total. The summed E-state index contributed by atoms with van der Waals surface area (Å²) in [6.45, 7) is 2.92. The highest BCUT2D eigenvalue weighted by molar-refractivity contribution is 7.92. The van der Waals surface area contributed by atoms with Crippen molar-refractivity contribution in [3.05, 3.63) is 81.3 Å². The number of benzene rings is 3. The number of halogens is 3. The molecule has 0 radical (unpaired) electrons. The van der Waals surface area contributed by atoms with Gasteiger partial charge in [-0.2, -0.15) is 4.31 Å². The van der Waals surface area contributed by atoms with Gasteiger partial charge >= 0.3 is 0 Å². The summed E-state index contributed by atoms with van der Waals surface area (Å²) in [5, 5.41) is 2.97. The lowest BCUT2D eigenvalue weighted by Crippen LogP contribution is -2.37. The van der Waals surface area contributed by atoms with Crippen molar-refractivity contribution in [2.45, 2.75) is 29.6 Å². The first-order valence-corrected chi connectivity index (χ1v) is 15.6. The molecule has 2 N–H and O–H groups in total. The monoisotopic (exact) mass is 615 g/mol. The Kier molecular flexibility index (Phi) is 8.61. The van der Waals surface area contributed by atoms with E-state index in [1.807, 2.05) is 0 Å². The Balaban J connectivity index is 1.50. The number of nitrogens with one attached hydrogen (secondary N) is 2. The Morgan fingerprint density at radius 1 is 0.868 bits per heavy atom. The first-order valence-electron chi connectivity index (χ1n) is 11.6. The molecule has 1 aliphatic heterocycles. The first-order chi connectivity index (χ1) is 17.9. The Morgan fingerprint density at radius 2 is 1.50 bits per heavy atom. The van der Waals surface area contributed by atoms with Gasteiger partial charge in [-0.05, 0) is 73.4 Å². The van der Waals surface area contributed by atoms with Gasteiger partial charge in [-0.15, -0.1) is 0 Å². The molecular formula is C25H24Cl3N3O5S2. The van der Waals surface area contributed by atoms with Crippen LogP contribution in [0.1, 0.15) is 30.1 Å². The average Bonchev–Trinajstić information content (AvgIpc) is 2.87. The topological polar surface area (TPSA) is 113 Å². The van der Waals surface area contributed by atoms with Gasteiger partial charge in [0.05, 0.1) is 36.1 Å². The predicted octanol–water partition coefficient (Wildman–Crippen LogP) is 6.12. The maximum Gasteiger partial charge on any atom is 0.261 e. The van der Waals surface area contributed by atoms with E-state index in [4.69, 9.17) is 34.8 Å². The molecule has 0 aromatic heterocycles. The maximum atomic E-state index is 13.1. The molecule has 0 bridgehead atoms. The van der Waals surface area contributed by atoms with Gasteiger partial charge in [-0.3, -0.25) is 9.52 Å². The van der Waals surface area contributed by atoms with Crippen molar-refractivity contribution in [3.63, 3.8) is 0 Å². The van der Waals surface area contributed by atoms with Crippen LogP contribution in [0.2, 0.25) is 15.1 Å². The van der Waals surface area contributed by atoms with Crippen LogP contribution >= 0.6 is 34.8 Å². The first kappa shape index (κ1) is 28.7. The number of anilines is 2. The molecule has 0 saturated carbocycles. The molecule has 13 heteroatoms. The molecule has 1 amide bonds. The van der Waals surface area contributed by atoms with Gasteiger partial charge in [0.2, 0.25) is 10.0 Å². The molecule has 0 atom stereocenters. The van der Waals surface area contributed by atoms with Crippen LogP contribution in [-0.4, -0.2) is 40.1 Å². The number of carbonyl (C=O) groups is 1. The van der Waals surface area contributed by atoms with Gasteiger partial charge in [0.1, 0.15) is 0 Å². The van der Waals surface area contributed by atoms with E-state index in [1.165, 1.54) is 58.9 Å². The van der Waals surface area contributed by atoms with Crippen LogP contribution in [0.25, 0.3) is 0 Å². The zero-order chi connectivity index (χ0) is 27.7. The molecule has 4 rings (SSSR count). The summed E-state index contributed by atoms with van der Waals surface area (Å²) < 4.78 is 55.6. The van der Waals surface area contributed by atoms with Crippen LogP contribution in [0.4, 0.5) is 11.4 Å². The second kappa shape index (κ2) is 11.4. The lowest BCUT2D eigenvalue weighted by molar-refractivity contribution is 0.102. The number of carbonyl (C=O) groups excluding carboxylic acids is 1. The third-order valence-electron chi connectivity index (χ3n) is 6.18. The maximum absolute atomic E-state index is 13.1. The SMILES string of the molecule is CC1CCN(S(=O)(=O)c2ccc(Cl)c(C(=O)Nc3ccc(S(=O)(=O)Nc4cccc(Cl)c4Cl)cc3)c2)CC1. The summed E-state index contributed by atoms with van der Waals surface area (Å²) in [5.74, 6) is -0.182. The Bertz CT molecular complexity index is 1570. The number of hydrogen-bond donors (Lipinski definition) is 2. The normalized spacial score (nSPS) is 15.3. The van der Waals surface area contributed by atoms with Crippen molar-refractivity contribution in [1.29, 1.82) is 0 Å². The van der Waals surface area contributed by atoms with Crippen LogP contribution in [0.15, 0.2) is 70.5 Å².